The van der Waals surface area contributed by atoms with E-state index in [0.29, 0.717) is 5.69 Å². The molecule has 84 valence electrons. The fraction of sp³-hybridized carbons (Fsp3) is 0.400. The minimum Gasteiger partial charge on any atom is -0.324 e. The minimum atomic E-state index is -3.23. The number of hydrogen-bond donors (Lipinski definition) is 2. The molecule has 1 rings (SSSR count). The van der Waals surface area contributed by atoms with Gasteiger partial charge < -0.3 is 5.73 Å². The van der Waals surface area contributed by atoms with Gasteiger partial charge in [-0.15, -0.1) is 0 Å². The van der Waals surface area contributed by atoms with E-state index in [0.717, 1.165) is 5.56 Å². The van der Waals surface area contributed by atoms with Gasteiger partial charge in [-0.25, -0.2) is 8.42 Å². The van der Waals surface area contributed by atoms with Gasteiger partial charge in [-0.2, -0.15) is 0 Å². The van der Waals surface area contributed by atoms with Crippen LogP contribution in [-0.2, 0) is 10.0 Å². The predicted octanol–water partition coefficient (Wildman–Crippen LogP) is 1.47. The molecule has 0 saturated carbocycles. The summed E-state index contributed by atoms with van der Waals surface area (Å²) >= 11 is 0. The highest BCUT2D eigenvalue weighted by Gasteiger charge is 2.11. The summed E-state index contributed by atoms with van der Waals surface area (Å²) in [5.41, 5.74) is 7.10. The number of para-hydroxylation sites is 1. The van der Waals surface area contributed by atoms with Crippen molar-refractivity contribution in [2.75, 3.05) is 10.5 Å². The molecule has 5 heteroatoms. The molecule has 0 fully saturated rings. The monoisotopic (exact) mass is 228 g/mol. The second-order valence-electron chi connectivity index (χ2n) is 3.38. The largest absolute Gasteiger partial charge is 0.324 e. The molecule has 0 aliphatic carbocycles. The molecule has 1 aromatic rings. The SMILES string of the molecule is CCS(=O)(=O)Nc1ccccc1C(C)N. The molecular formula is C10H16N2O2S. The van der Waals surface area contributed by atoms with Crippen LogP contribution >= 0.6 is 0 Å². The van der Waals surface area contributed by atoms with Crippen molar-refractivity contribution in [3.8, 4) is 0 Å². The molecule has 15 heavy (non-hydrogen) atoms. The number of hydrogen-bond acceptors (Lipinski definition) is 3. The summed E-state index contributed by atoms with van der Waals surface area (Å²) in [5.74, 6) is 0.0558. The van der Waals surface area contributed by atoms with E-state index in [-0.39, 0.29) is 11.8 Å². The number of rotatable bonds is 4. The lowest BCUT2D eigenvalue weighted by Crippen LogP contribution is -2.17. The van der Waals surface area contributed by atoms with E-state index < -0.39 is 10.0 Å². The van der Waals surface area contributed by atoms with Crippen molar-refractivity contribution in [2.45, 2.75) is 19.9 Å². The number of nitrogens with one attached hydrogen (secondary N) is 1. The molecule has 0 aromatic heterocycles. The highest BCUT2D eigenvalue weighted by molar-refractivity contribution is 7.92. The zero-order valence-electron chi connectivity index (χ0n) is 8.90. The smallest absolute Gasteiger partial charge is 0.232 e. The molecule has 1 atom stereocenters. The third-order valence-electron chi connectivity index (χ3n) is 2.10. The molecule has 0 bridgehead atoms. The van der Waals surface area contributed by atoms with Crippen molar-refractivity contribution in [3.63, 3.8) is 0 Å². The lowest BCUT2D eigenvalue weighted by molar-refractivity contribution is 0.602. The first kappa shape index (κ1) is 12.0. The fourth-order valence-electron chi connectivity index (χ4n) is 1.23. The van der Waals surface area contributed by atoms with Gasteiger partial charge in [0.05, 0.1) is 11.4 Å². The highest BCUT2D eigenvalue weighted by Crippen LogP contribution is 2.21. The van der Waals surface area contributed by atoms with Crippen molar-refractivity contribution in [3.05, 3.63) is 29.8 Å². The molecule has 0 radical (unpaired) electrons. The molecule has 4 nitrogen and oxygen atoms in total. The van der Waals surface area contributed by atoms with Crippen LogP contribution in [-0.4, -0.2) is 14.2 Å². The van der Waals surface area contributed by atoms with Crippen molar-refractivity contribution in [1.82, 2.24) is 0 Å². The maximum absolute atomic E-state index is 11.4. The number of sulfonamides is 1. The van der Waals surface area contributed by atoms with Crippen LogP contribution in [0.2, 0.25) is 0 Å². The van der Waals surface area contributed by atoms with Gasteiger partial charge in [0.2, 0.25) is 10.0 Å². The Bertz CT molecular complexity index is 427. The maximum atomic E-state index is 11.4. The van der Waals surface area contributed by atoms with E-state index in [9.17, 15) is 8.42 Å². The van der Waals surface area contributed by atoms with E-state index in [4.69, 9.17) is 5.73 Å². The lowest BCUT2D eigenvalue weighted by Gasteiger charge is -2.13. The number of nitrogens with two attached hydrogens (primary N) is 1. The van der Waals surface area contributed by atoms with Crippen LogP contribution in [0.1, 0.15) is 25.5 Å². The fourth-order valence-corrected chi connectivity index (χ4v) is 1.89. The van der Waals surface area contributed by atoms with Crippen LogP contribution in [0.25, 0.3) is 0 Å². The molecular weight excluding hydrogens is 212 g/mol. The Morgan fingerprint density at radius 2 is 2.00 bits per heavy atom. The van der Waals surface area contributed by atoms with Crippen LogP contribution in [0.5, 0.6) is 0 Å². The third-order valence-corrected chi connectivity index (χ3v) is 3.39. The third kappa shape index (κ3) is 3.21. The van der Waals surface area contributed by atoms with Crippen molar-refractivity contribution < 1.29 is 8.42 Å². The Morgan fingerprint density at radius 1 is 1.40 bits per heavy atom. The Labute approximate surface area is 90.5 Å². The molecule has 0 heterocycles. The maximum Gasteiger partial charge on any atom is 0.232 e. The first-order valence-corrected chi connectivity index (χ1v) is 6.46. The average Bonchev–Trinajstić information content (AvgIpc) is 2.18. The van der Waals surface area contributed by atoms with Crippen molar-refractivity contribution >= 4 is 15.7 Å². The van der Waals surface area contributed by atoms with E-state index in [1.54, 1.807) is 19.1 Å². The first-order chi connectivity index (χ1) is 6.96. The summed E-state index contributed by atoms with van der Waals surface area (Å²) in [7, 11) is -3.23. The summed E-state index contributed by atoms with van der Waals surface area (Å²) in [6, 6.07) is 6.95. The van der Waals surface area contributed by atoms with Crippen LogP contribution in [0.4, 0.5) is 5.69 Å². The molecule has 3 N–H and O–H groups in total. The molecule has 1 unspecified atom stereocenters. The predicted molar refractivity (Wildman–Crippen MR) is 62.1 cm³/mol. The van der Waals surface area contributed by atoms with E-state index in [1.807, 2.05) is 19.1 Å². The first-order valence-electron chi connectivity index (χ1n) is 4.81. The second-order valence-corrected chi connectivity index (χ2v) is 5.39. The Kier molecular flexibility index (Phi) is 3.71. The zero-order chi connectivity index (χ0) is 11.5. The summed E-state index contributed by atoms with van der Waals surface area (Å²) in [6.45, 7) is 3.41. The van der Waals surface area contributed by atoms with Gasteiger partial charge in [-0.3, -0.25) is 4.72 Å². The molecule has 0 amide bonds. The zero-order valence-corrected chi connectivity index (χ0v) is 9.71. The lowest BCUT2D eigenvalue weighted by atomic mass is 10.1. The van der Waals surface area contributed by atoms with Gasteiger partial charge in [0.1, 0.15) is 0 Å². The minimum absolute atomic E-state index is 0.0558. The summed E-state index contributed by atoms with van der Waals surface area (Å²) in [4.78, 5) is 0. The van der Waals surface area contributed by atoms with E-state index in [1.165, 1.54) is 0 Å². The molecule has 1 aromatic carbocycles. The van der Waals surface area contributed by atoms with Gasteiger partial charge in [0, 0.05) is 6.04 Å². The molecule has 0 aliphatic rings. The van der Waals surface area contributed by atoms with Crippen molar-refractivity contribution in [2.24, 2.45) is 5.73 Å². The quantitative estimate of drug-likeness (QED) is 0.819. The molecule has 0 spiro atoms. The van der Waals surface area contributed by atoms with Gasteiger partial charge in [0.15, 0.2) is 0 Å². The molecule has 0 aliphatic heterocycles. The number of anilines is 1. The van der Waals surface area contributed by atoms with E-state index >= 15 is 0 Å². The van der Waals surface area contributed by atoms with Gasteiger partial charge in [-0.05, 0) is 25.5 Å². The summed E-state index contributed by atoms with van der Waals surface area (Å²) in [6.07, 6.45) is 0. The van der Waals surface area contributed by atoms with E-state index in [2.05, 4.69) is 4.72 Å². The average molecular weight is 228 g/mol. The number of benzene rings is 1. The topological polar surface area (TPSA) is 72.2 Å². The Hall–Kier alpha value is -1.07. The Balaban J connectivity index is 3.05. The van der Waals surface area contributed by atoms with Crippen LogP contribution in [0.3, 0.4) is 0 Å². The van der Waals surface area contributed by atoms with Crippen LogP contribution < -0.4 is 10.5 Å². The Morgan fingerprint density at radius 3 is 2.53 bits per heavy atom. The summed E-state index contributed by atoms with van der Waals surface area (Å²) < 4.78 is 25.3. The van der Waals surface area contributed by atoms with Crippen LogP contribution in [0.15, 0.2) is 24.3 Å². The standard InChI is InChI=1S/C10H16N2O2S/c1-3-15(13,14)12-10-7-5-4-6-9(10)8(2)11/h4-8,12H,3,11H2,1-2H3. The molecule has 0 saturated heterocycles. The normalized spacial score (nSPS) is 13.5. The van der Waals surface area contributed by atoms with Gasteiger partial charge >= 0.3 is 0 Å². The van der Waals surface area contributed by atoms with Gasteiger partial charge in [-0.1, -0.05) is 18.2 Å². The van der Waals surface area contributed by atoms with Crippen molar-refractivity contribution in [1.29, 1.82) is 0 Å². The van der Waals surface area contributed by atoms with Gasteiger partial charge in [0.25, 0.3) is 0 Å². The second kappa shape index (κ2) is 4.63. The van der Waals surface area contributed by atoms with Crippen LogP contribution in [0, 0.1) is 0 Å². The highest BCUT2D eigenvalue weighted by atomic mass is 32.2. The summed E-state index contributed by atoms with van der Waals surface area (Å²) in [5, 5.41) is 0.